The standard InChI is InChI=1S/C35H35NS2/c1-20(2)14-32-22(4)27-16-24(12-13-31(27)38-32)28-18-30(36-33-21(3)19-37-34(28)33)25-15-23-10-8-9-11-26(23)29(17-25)35(5,6)7/h8-13,15-20H,14H2,1-7H3. The Kier molecular flexibility index (Phi) is 6.20. The monoisotopic (exact) mass is 533 g/mol. The van der Waals surface area contributed by atoms with Gasteiger partial charge in [-0.1, -0.05) is 65.0 Å². The molecule has 0 amide bonds. The second-order valence-electron chi connectivity index (χ2n) is 12.1. The summed E-state index contributed by atoms with van der Waals surface area (Å²) in [6.45, 7) is 16.0. The molecular formula is C35H35NS2. The third kappa shape index (κ3) is 4.36. The van der Waals surface area contributed by atoms with Crippen LogP contribution in [-0.4, -0.2) is 4.98 Å². The maximum Gasteiger partial charge on any atom is 0.0852 e. The Bertz CT molecular complexity index is 1820. The number of rotatable bonds is 4. The summed E-state index contributed by atoms with van der Waals surface area (Å²) in [5.41, 5.74) is 10.0. The lowest BCUT2D eigenvalue weighted by Crippen LogP contribution is -2.12. The number of hydrogen-bond acceptors (Lipinski definition) is 3. The summed E-state index contributed by atoms with van der Waals surface area (Å²) in [7, 11) is 0. The predicted octanol–water partition coefficient (Wildman–Crippen LogP) is 11.1. The minimum Gasteiger partial charge on any atom is -0.247 e. The van der Waals surface area contributed by atoms with Gasteiger partial charge in [-0.05, 0) is 106 Å². The topological polar surface area (TPSA) is 12.9 Å². The maximum absolute atomic E-state index is 5.25. The lowest BCUT2D eigenvalue weighted by molar-refractivity contribution is 0.596. The Balaban J connectivity index is 1.58. The molecule has 0 fully saturated rings. The van der Waals surface area contributed by atoms with E-state index in [0.29, 0.717) is 5.92 Å². The highest BCUT2D eigenvalue weighted by Crippen LogP contribution is 2.41. The van der Waals surface area contributed by atoms with Gasteiger partial charge in [0, 0.05) is 20.7 Å². The zero-order valence-corrected chi connectivity index (χ0v) is 25.0. The minimum absolute atomic E-state index is 0.0377. The summed E-state index contributed by atoms with van der Waals surface area (Å²) in [4.78, 5) is 6.77. The summed E-state index contributed by atoms with van der Waals surface area (Å²) in [5, 5.41) is 6.24. The van der Waals surface area contributed by atoms with E-state index in [1.54, 1.807) is 0 Å². The molecule has 0 spiro atoms. The Hall–Kier alpha value is -3.01. The number of thiophene rings is 2. The van der Waals surface area contributed by atoms with Gasteiger partial charge in [0.2, 0.25) is 0 Å². The summed E-state index contributed by atoms with van der Waals surface area (Å²) >= 11 is 3.77. The van der Waals surface area contributed by atoms with Crippen LogP contribution in [0.1, 0.15) is 56.2 Å². The van der Waals surface area contributed by atoms with Crippen molar-refractivity contribution in [2.24, 2.45) is 5.92 Å². The van der Waals surface area contributed by atoms with Crippen molar-refractivity contribution in [3.05, 3.63) is 87.6 Å². The van der Waals surface area contributed by atoms with Gasteiger partial charge in [-0.3, -0.25) is 0 Å². The average Bonchev–Trinajstić information content (AvgIpc) is 3.40. The van der Waals surface area contributed by atoms with E-state index >= 15 is 0 Å². The first-order chi connectivity index (χ1) is 18.1. The fraction of sp³-hybridized carbons (Fsp3) is 0.286. The normalized spacial score (nSPS) is 12.4. The molecule has 6 rings (SSSR count). The molecule has 3 heteroatoms. The molecule has 0 aliphatic heterocycles. The van der Waals surface area contributed by atoms with E-state index in [1.165, 1.54) is 63.8 Å². The van der Waals surface area contributed by atoms with E-state index in [1.807, 2.05) is 22.7 Å². The van der Waals surface area contributed by atoms with Crippen LogP contribution in [0.15, 0.2) is 66.0 Å². The summed E-state index contributed by atoms with van der Waals surface area (Å²) in [6.07, 6.45) is 1.15. The zero-order chi connectivity index (χ0) is 26.8. The van der Waals surface area contributed by atoms with E-state index in [0.717, 1.165) is 17.6 Å². The van der Waals surface area contributed by atoms with Crippen molar-refractivity contribution in [2.45, 2.75) is 60.3 Å². The van der Waals surface area contributed by atoms with Crippen LogP contribution in [0.5, 0.6) is 0 Å². The van der Waals surface area contributed by atoms with Crippen LogP contribution in [-0.2, 0) is 11.8 Å². The lowest BCUT2D eigenvalue weighted by atomic mass is 9.82. The van der Waals surface area contributed by atoms with Crippen LogP contribution in [0, 0.1) is 19.8 Å². The molecule has 192 valence electrons. The Labute approximate surface area is 234 Å². The van der Waals surface area contributed by atoms with Crippen molar-refractivity contribution >= 4 is 53.7 Å². The molecule has 6 aromatic rings. The van der Waals surface area contributed by atoms with Crippen molar-refractivity contribution in [3.63, 3.8) is 0 Å². The minimum atomic E-state index is 0.0377. The van der Waals surface area contributed by atoms with Gasteiger partial charge in [0.15, 0.2) is 0 Å². The van der Waals surface area contributed by atoms with Crippen LogP contribution in [0.25, 0.3) is 53.5 Å². The zero-order valence-electron chi connectivity index (χ0n) is 23.4. The van der Waals surface area contributed by atoms with Gasteiger partial charge in [0.1, 0.15) is 0 Å². The van der Waals surface area contributed by atoms with Gasteiger partial charge < -0.3 is 0 Å². The van der Waals surface area contributed by atoms with Gasteiger partial charge in [0.25, 0.3) is 0 Å². The smallest absolute Gasteiger partial charge is 0.0852 e. The number of aryl methyl sites for hydroxylation is 2. The highest BCUT2D eigenvalue weighted by molar-refractivity contribution is 7.19. The van der Waals surface area contributed by atoms with Crippen LogP contribution in [0.3, 0.4) is 0 Å². The number of benzene rings is 3. The molecule has 0 atom stereocenters. The quantitative estimate of drug-likeness (QED) is 0.220. The third-order valence-electron chi connectivity index (χ3n) is 7.61. The van der Waals surface area contributed by atoms with Crippen LogP contribution >= 0.6 is 22.7 Å². The van der Waals surface area contributed by atoms with E-state index in [4.69, 9.17) is 4.98 Å². The number of hydrogen-bond donors (Lipinski definition) is 0. The molecule has 1 nitrogen and oxygen atoms in total. The molecule has 0 radical (unpaired) electrons. The van der Waals surface area contributed by atoms with Gasteiger partial charge in [0.05, 0.1) is 15.9 Å². The van der Waals surface area contributed by atoms with Crippen LogP contribution in [0.2, 0.25) is 0 Å². The highest BCUT2D eigenvalue weighted by atomic mass is 32.1. The first kappa shape index (κ1) is 25.3. The Morgan fingerprint density at radius 3 is 2.42 bits per heavy atom. The second kappa shape index (κ2) is 9.32. The van der Waals surface area contributed by atoms with E-state index in [2.05, 4.69) is 115 Å². The SMILES string of the molecule is Cc1c(CC(C)C)sc2ccc(-c3cc(-c4cc(C(C)(C)C)c5ccccc5c4)nc4c(C)csc34)cc12. The van der Waals surface area contributed by atoms with Gasteiger partial charge in [-0.2, -0.15) is 0 Å². The van der Waals surface area contributed by atoms with Crippen molar-refractivity contribution in [2.75, 3.05) is 0 Å². The van der Waals surface area contributed by atoms with Gasteiger partial charge >= 0.3 is 0 Å². The summed E-state index contributed by atoms with van der Waals surface area (Å²) in [6, 6.07) is 22.8. The third-order valence-corrected chi connectivity index (χ3v) is 10.0. The number of aromatic nitrogens is 1. The molecule has 0 N–H and O–H groups in total. The molecule has 0 saturated heterocycles. The van der Waals surface area contributed by atoms with E-state index in [9.17, 15) is 0 Å². The van der Waals surface area contributed by atoms with Crippen LogP contribution < -0.4 is 0 Å². The van der Waals surface area contributed by atoms with Crippen LogP contribution in [0.4, 0.5) is 0 Å². The first-order valence-electron chi connectivity index (χ1n) is 13.5. The molecule has 0 aliphatic carbocycles. The van der Waals surface area contributed by atoms with Crippen molar-refractivity contribution < 1.29 is 0 Å². The van der Waals surface area contributed by atoms with Gasteiger partial charge in [-0.25, -0.2) is 4.98 Å². The number of nitrogens with zero attached hydrogens (tertiary/aromatic N) is 1. The number of pyridine rings is 1. The molecule has 0 bridgehead atoms. The molecule has 38 heavy (non-hydrogen) atoms. The summed E-state index contributed by atoms with van der Waals surface area (Å²) < 4.78 is 2.66. The van der Waals surface area contributed by atoms with Crippen molar-refractivity contribution in [1.29, 1.82) is 0 Å². The molecule has 3 aromatic heterocycles. The molecule has 3 heterocycles. The van der Waals surface area contributed by atoms with E-state index < -0.39 is 0 Å². The molecular weight excluding hydrogens is 499 g/mol. The number of fused-ring (bicyclic) bond motifs is 3. The Morgan fingerprint density at radius 1 is 0.868 bits per heavy atom. The van der Waals surface area contributed by atoms with Crippen molar-refractivity contribution in [1.82, 2.24) is 4.98 Å². The highest BCUT2D eigenvalue weighted by Gasteiger charge is 2.20. The maximum atomic E-state index is 5.25. The van der Waals surface area contributed by atoms with Crippen molar-refractivity contribution in [3.8, 4) is 22.4 Å². The predicted molar refractivity (Wildman–Crippen MR) is 170 cm³/mol. The fourth-order valence-corrected chi connectivity index (χ4v) is 8.00. The fourth-order valence-electron chi connectivity index (χ4n) is 5.57. The van der Waals surface area contributed by atoms with E-state index in [-0.39, 0.29) is 5.41 Å². The molecule has 3 aromatic carbocycles. The second-order valence-corrected chi connectivity index (χ2v) is 14.1. The lowest BCUT2D eigenvalue weighted by Gasteiger charge is -2.23. The molecule has 0 saturated carbocycles. The molecule has 0 unspecified atom stereocenters. The largest absolute Gasteiger partial charge is 0.247 e. The first-order valence-corrected chi connectivity index (χ1v) is 15.2. The van der Waals surface area contributed by atoms with Gasteiger partial charge in [-0.15, -0.1) is 22.7 Å². The Morgan fingerprint density at radius 2 is 1.66 bits per heavy atom. The summed E-state index contributed by atoms with van der Waals surface area (Å²) in [5.74, 6) is 0.664. The molecule has 0 aliphatic rings. The average molecular weight is 534 g/mol.